The summed E-state index contributed by atoms with van der Waals surface area (Å²) in [5.74, 6) is 0. The van der Waals surface area contributed by atoms with E-state index in [1.165, 1.54) is 7.05 Å². The Labute approximate surface area is 48.4 Å². The van der Waals surface area contributed by atoms with E-state index in [1.54, 1.807) is 0 Å². The lowest BCUT2D eigenvalue weighted by Gasteiger charge is -2.18. The third kappa shape index (κ3) is 1.99. The molecule has 0 bridgehead atoms. The van der Waals surface area contributed by atoms with Crippen LogP contribution in [-0.4, -0.2) is 26.2 Å². The lowest BCUT2D eigenvalue weighted by Crippen LogP contribution is -2.45. The Morgan fingerprint density at radius 3 is 2.12 bits per heavy atom. The van der Waals surface area contributed by atoms with E-state index in [9.17, 15) is 4.91 Å². The van der Waals surface area contributed by atoms with E-state index in [1.807, 2.05) is 0 Å². The first kappa shape index (κ1) is 7.52. The summed E-state index contributed by atoms with van der Waals surface area (Å²) in [6, 6.07) is 0.0741. The van der Waals surface area contributed by atoms with Crippen LogP contribution in [0, 0.1) is 4.91 Å². The molecule has 8 heavy (non-hydrogen) atoms. The highest BCUT2D eigenvalue weighted by Crippen LogP contribution is 1.93. The molecule has 1 fully saturated rings. The zero-order valence-electron chi connectivity index (χ0n) is 4.92. The standard InChI is InChI=1S/C3H6N2O.CH5N/c6-5-3-1-4-2-3;1-2/h3-4H,1-2H2;2H2,1H3. The molecule has 0 saturated carbocycles. The Balaban J connectivity index is 0.000000222. The second-order valence-electron chi connectivity index (χ2n) is 1.42. The van der Waals surface area contributed by atoms with Crippen LogP contribution in [0.1, 0.15) is 0 Å². The normalized spacial score (nSPS) is 17.8. The average Bonchev–Trinajstić information content (AvgIpc) is 1.69. The largest absolute Gasteiger partial charge is 0.333 e. The Bertz CT molecular complexity index is 62.3. The van der Waals surface area contributed by atoms with Gasteiger partial charge < -0.3 is 11.1 Å². The average molecular weight is 117 g/mol. The van der Waals surface area contributed by atoms with Gasteiger partial charge in [0.2, 0.25) is 0 Å². The predicted molar refractivity (Wildman–Crippen MR) is 32.6 cm³/mol. The van der Waals surface area contributed by atoms with Gasteiger partial charge in [-0.2, -0.15) is 4.91 Å². The molecule has 0 aromatic carbocycles. The van der Waals surface area contributed by atoms with Gasteiger partial charge in [-0.15, -0.1) is 0 Å². The summed E-state index contributed by atoms with van der Waals surface area (Å²) >= 11 is 0. The third-order valence-corrected chi connectivity index (χ3v) is 0.909. The molecule has 0 amide bonds. The number of rotatable bonds is 1. The van der Waals surface area contributed by atoms with Crippen molar-refractivity contribution in [3.8, 4) is 0 Å². The first-order chi connectivity index (χ1) is 3.93. The van der Waals surface area contributed by atoms with Crippen LogP contribution in [0.4, 0.5) is 0 Å². The number of nitrogens with one attached hydrogen (secondary N) is 1. The van der Waals surface area contributed by atoms with Crippen molar-refractivity contribution in [3.63, 3.8) is 0 Å². The van der Waals surface area contributed by atoms with Gasteiger partial charge in [-0.25, -0.2) is 0 Å². The molecule has 0 aromatic heterocycles. The van der Waals surface area contributed by atoms with Crippen LogP contribution in [0.2, 0.25) is 0 Å². The van der Waals surface area contributed by atoms with Gasteiger partial charge in [-0.3, -0.25) is 0 Å². The molecule has 0 radical (unpaired) electrons. The molecule has 1 rings (SSSR count). The first-order valence-electron chi connectivity index (χ1n) is 2.54. The maximum atomic E-state index is 9.50. The molecule has 3 N–H and O–H groups in total. The maximum absolute atomic E-state index is 9.50. The Hall–Kier alpha value is -0.480. The highest BCUT2D eigenvalue weighted by molar-refractivity contribution is 4.80. The molecule has 1 aliphatic heterocycles. The Morgan fingerprint density at radius 2 is 2.12 bits per heavy atom. The molecule has 1 aliphatic rings. The molecule has 1 heterocycles. The molecule has 0 unspecified atom stereocenters. The van der Waals surface area contributed by atoms with E-state index in [0.29, 0.717) is 0 Å². The topological polar surface area (TPSA) is 67.5 Å². The smallest absolute Gasteiger partial charge is 0.117 e. The van der Waals surface area contributed by atoms with Gasteiger partial charge in [0.1, 0.15) is 6.04 Å². The van der Waals surface area contributed by atoms with Crippen LogP contribution in [0.25, 0.3) is 0 Å². The summed E-state index contributed by atoms with van der Waals surface area (Å²) in [4.78, 5) is 9.50. The van der Waals surface area contributed by atoms with Crippen LogP contribution < -0.4 is 11.1 Å². The molecule has 4 nitrogen and oxygen atoms in total. The number of nitrogens with two attached hydrogens (primary N) is 1. The third-order valence-electron chi connectivity index (χ3n) is 0.909. The van der Waals surface area contributed by atoms with Gasteiger partial charge in [0.05, 0.1) is 0 Å². The minimum Gasteiger partial charge on any atom is -0.333 e. The monoisotopic (exact) mass is 117 g/mol. The zero-order valence-corrected chi connectivity index (χ0v) is 4.92. The summed E-state index contributed by atoms with van der Waals surface area (Å²) in [5, 5.41) is 5.70. The van der Waals surface area contributed by atoms with Gasteiger partial charge >= 0.3 is 0 Å². The SMILES string of the molecule is CN.O=NC1CNC1. The van der Waals surface area contributed by atoms with Crippen LogP contribution in [0.3, 0.4) is 0 Å². The lowest BCUT2D eigenvalue weighted by molar-refractivity contribution is 0.445. The van der Waals surface area contributed by atoms with Crippen molar-refractivity contribution in [2.45, 2.75) is 6.04 Å². The van der Waals surface area contributed by atoms with E-state index in [2.05, 4.69) is 16.2 Å². The quantitative estimate of drug-likeness (QED) is 0.446. The van der Waals surface area contributed by atoms with Crippen LogP contribution in [0.15, 0.2) is 5.18 Å². The van der Waals surface area contributed by atoms with E-state index < -0.39 is 0 Å². The fourth-order valence-electron chi connectivity index (χ4n) is 0.348. The highest BCUT2D eigenvalue weighted by Gasteiger charge is 2.15. The van der Waals surface area contributed by atoms with E-state index in [4.69, 9.17) is 0 Å². The molecular weight excluding hydrogens is 106 g/mol. The minimum absolute atomic E-state index is 0.0741. The van der Waals surface area contributed by atoms with E-state index in [0.717, 1.165) is 13.1 Å². The number of hydrogen-bond donors (Lipinski definition) is 2. The molecule has 0 aromatic rings. The van der Waals surface area contributed by atoms with Crippen molar-refractivity contribution in [1.82, 2.24) is 5.32 Å². The van der Waals surface area contributed by atoms with E-state index in [-0.39, 0.29) is 6.04 Å². The Morgan fingerprint density at radius 1 is 1.62 bits per heavy atom. The van der Waals surface area contributed by atoms with Crippen molar-refractivity contribution in [1.29, 1.82) is 0 Å². The molecular formula is C4H11N3O. The van der Waals surface area contributed by atoms with Gasteiger partial charge in [0, 0.05) is 13.1 Å². The molecule has 0 spiro atoms. The summed E-state index contributed by atoms with van der Waals surface area (Å²) in [7, 11) is 1.50. The summed E-state index contributed by atoms with van der Waals surface area (Å²) in [6.07, 6.45) is 0. The van der Waals surface area contributed by atoms with Gasteiger partial charge in [-0.1, -0.05) is 5.18 Å². The molecule has 0 atom stereocenters. The summed E-state index contributed by atoms with van der Waals surface area (Å²) < 4.78 is 0. The van der Waals surface area contributed by atoms with Crippen LogP contribution in [0.5, 0.6) is 0 Å². The van der Waals surface area contributed by atoms with Crippen molar-refractivity contribution in [3.05, 3.63) is 4.91 Å². The van der Waals surface area contributed by atoms with Crippen LogP contribution in [-0.2, 0) is 0 Å². The van der Waals surface area contributed by atoms with Gasteiger partial charge in [0.15, 0.2) is 0 Å². The fraction of sp³-hybridized carbons (Fsp3) is 1.00. The maximum Gasteiger partial charge on any atom is 0.117 e. The zero-order chi connectivity index (χ0) is 6.41. The Kier molecular flexibility index (Phi) is 4.39. The van der Waals surface area contributed by atoms with Gasteiger partial charge in [0.25, 0.3) is 0 Å². The van der Waals surface area contributed by atoms with Crippen molar-refractivity contribution >= 4 is 0 Å². The molecule has 48 valence electrons. The van der Waals surface area contributed by atoms with Crippen molar-refractivity contribution < 1.29 is 0 Å². The van der Waals surface area contributed by atoms with E-state index >= 15 is 0 Å². The van der Waals surface area contributed by atoms with Crippen LogP contribution >= 0.6 is 0 Å². The first-order valence-corrected chi connectivity index (χ1v) is 2.54. The predicted octanol–water partition coefficient (Wildman–Crippen LogP) is -0.700. The van der Waals surface area contributed by atoms with Crippen molar-refractivity contribution in [2.75, 3.05) is 20.1 Å². The highest BCUT2D eigenvalue weighted by atomic mass is 16.3. The number of hydrogen-bond acceptors (Lipinski definition) is 4. The minimum atomic E-state index is 0.0741. The van der Waals surface area contributed by atoms with Gasteiger partial charge in [-0.05, 0) is 7.05 Å². The fourth-order valence-corrected chi connectivity index (χ4v) is 0.348. The summed E-state index contributed by atoms with van der Waals surface area (Å²) in [5.41, 5.74) is 4.50. The molecule has 4 heteroatoms. The molecule has 0 aliphatic carbocycles. The second-order valence-corrected chi connectivity index (χ2v) is 1.42. The lowest BCUT2D eigenvalue weighted by atomic mass is 10.2. The van der Waals surface area contributed by atoms with Crippen molar-refractivity contribution in [2.24, 2.45) is 10.9 Å². The summed E-state index contributed by atoms with van der Waals surface area (Å²) in [6.45, 7) is 1.56. The number of nitroso groups, excluding NO2 is 1. The number of nitrogens with zero attached hydrogens (tertiary/aromatic N) is 1. The molecule has 1 saturated heterocycles. The second kappa shape index (κ2) is 4.67.